The number of carbonyl (C=O) groups is 1. The number of aromatic amines is 1. The van der Waals surface area contributed by atoms with Gasteiger partial charge >= 0.3 is 5.97 Å². The summed E-state index contributed by atoms with van der Waals surface area (Å²) in [5.41, 5.74) is 7.51. The van der Waals surface area contributed by atoms with E-state index in [1.165, 1.54) is 0 Å². The molecular weight excluding hydrogens is 301 g/mol. The molecule has 0 fully saturated rings. The topological polar surface area (TPSA) is 81.0 Å². The summed E-state index contributed by atoms with van der Waals surface area (Å²) in [5, 5.41) is 0. The zero-order valence-corrected chi connectivity index (χ0v) is 12.3. The molecule has 0 aliphatic rings. The molecule has 1 heterocycles. The Morgan fingerprint density at radius 1 is 1.30 bits per heavy atom. The molecule has 0 aliphatic carbocycles. The number of nitrogens with two attached hydrogens (primary N) is 1. The number of esters is 1. The fourth-order valence-corrected chi connectivity index (χ4v) is 1.55. The Balaban J connectivity index is 0.00000180. The van der Waals surface area contributed by atoms with Crippen LogP contribution in [0.3, 0.4) is 0 Å². The van der Waals surface area contributed by atoms with Crippen molar-refractivity contribution in [3.8, 4) is 0 Å². The van der Waals surface area contributed by atoms with Crippen LogP contribution in [0.25, 0.3) is 0 Å². The van der Waals surface area contributed by atoms with Gasteiger partial charge in [-0.3, -0.25) is 4.79 Å². The monoisotopic (exact) mass is 317 g/mol. The lowest BCUT2D eigenvalue weighted by Gasteiger charge is -2.10. The Kier molecular flexibility index (Phi) is 8.63. The van der Waals surface area contributed by atoms with Crippen LogP contribution in [-0.2, 0) is 22.6 Å². The van der Waals surface area contributed by atoms with E-state index in [9.17, 15) is 4.79 Å². The van der Waals surface area contributed by atoms with E-state index in [0.29, 0.717) is 6.42 Å². The molecule has 0 amide bonds. The third kappa shape index (κ3) is 5.61. The lowest BCUT2D eigenvalue weighted by Crippen LogP contribution is -2.34. The molecule has 0 bridgehead atoms. The number of rotatable bonds is 5. The van der Waals surface area contributed by atoms with Crippen LogP contribution < -0.4 is 5.73 Å². The van der Waals surface area contributed by atoms with Crippen molar-refractivity contribution >= 4 is 30.8 Å². The van der Waals surface area contributed by atoms with Crippen LogP contribution in [0.15, 0.2) is 42.9 Å². The van der Waals surface area contributed by atoms with E-state index in [-0.39, 0.29) is 31.4 Å². The third-order valence-corrected chi connectivity index (χ3v) is 2.52. The molecule has 20 heavy (non-hydrogen) atoms. The number of benzene rings is 1. The molecule has 0 radical (unpaired) electrons. The van der Waals surface area contributed by atoms with Crippen molar-refractivity contribution in [2.45, 2.75) is 19.1 Å². The molecule has 7 heteroatoms. The van der Waals surface area contributed by atoms with Crippen LogP contribution in [-0.4, -0.2) is 22.0 Å². The van der Waals surface area contributed by atoms with Crippen molar-refractivity contribution < 1.29 is 9.53 Å². The van der Waals surface area contributed by atoms with E-state index in [0.717, 1.165) is 11.3 Å². The van der Waals surface area contributed by atoms with E-state index >= 15 is 0 Å². The summed E-state index contributed by atoms with van der Waals surface area (Å²) in [5.74, 6) is -0.409. The highest BCUT2D eigenvalue weighted by Crippen LogP contribution is 2.03. The molecule has 2 aromatic rings. The molecule has 3 N–H and O–H groups in total. The molecule has 2 rings (SSSR count). The average Bonchev–Trinajstić information content (AvgIpc) is 2.90. The molecule has 1 unspecified atom stereocenters. The molecule has 0 aliphatic heterocycles. The minimum absolute atomic E-state index is 0. The average molecular weight is 318 g/mol. The second-order valence-electron chi connectivity index (χ2n) is 3.98. The number of nitrogens with one attached hydrogen (secondary N) is 1. The molecule has 0 saturated heterocycles. The number of halogens is 2. The van der Waals surface area contributed by atoms with Gasteiger partial charge in [-0.2, -0.15) is 0 Å². The Hall–Kier alpha value is -1.56. The summed E-state index contributed by atoms with van der Waals surface area (Å²) in [6.45, 7) is 0.246. The largest absolute Gasteiger partial charge is 0.460 e. The van der Waals surface area contributed by atoms with E-state index in [4.69, 9.17) is 10.5 Å². The summed E-state index contributed by atoms with van der Waals surface area (Å²) in [6, 6.07) is 8.83. The molecule has 0 saturated carbocycles. The smallest absolute Gasteiger partial charge is 0.323 e. The normalized spacial score (nSPS) is 10.8. The van der Waals surface area contributed by atoms with E-state index in [1.54, 1.807) is 12.5 Å². The number of ether oxygens (including phenoxy) is 1. The molecule has 110 valence electrons. The number of carbonyl (C=O) groups excluding carboxylic acids is 1. The van der Waals surface area contributed by atoms with Gasteiger partial charge in [-0.05, 0) is 5.56 Å². The predicted molar refractivity (Wildman–Crippen MR) is 81.0 cm³/mol. The predicted octanol–water partition coefficient (Wildman–Crippen LogP) is 1.87. The standard InChI is InChI=1S/C13H15N3O2.2ClH/c14-12(6-11-7-15-9-16-11)13(17)18-8-10-4-2-1-3-5-10;;/h1-5,7,9,12H,6,8,14H2,(H,15,16);2*1H. The SMILES string of the molecule is Cl.Cl.NC(Cc1cnc[nH]1)C(=O)OCc1ccccc1. The van der Waals surface area contributed by atoms with Crippen LogP contribution in [0, 0.1) is 0 Å². The van der Waals surface area contributed by atoms with Gasteiger partial charge in [0.15, 0.2) is 0 Å². The highest BCUT2D eigenvalue weighted by molar-refractivity contribution is 5.85. The number of imidazole rings is 1. The van der Waals surface area contributed by atoms with Crippen LogP contribution in [0.1, 0.15) is 11.3 Å². The summed E-state index contributed by atoms with van der Waals surface area (Å²) in [6.07, 6.45) is 3.59. The minimum atomic E-state index is -0.672. The number of H-pyrrole nitrogens is 1. The Morgan fingerprint density at radius 2 is 2.00 bits per heavy atom. The lowest BCUT2D eigenvalue weighted by atomic mass is 10.2. The Labute approximate surface area is 129 Å². The zero-order chi connectivity index (χ0) is 12.8. The van der Waals surface area contributed by atoms with Crippen LogP contribution >= 0.6 is 24.8 Å². The van der Waals surface area contributed by atoms with Crippen LogP contribution in [0.2, 0.25) is 0 Å². The van der Waals surface area contributed by atoms with Crippen LogP contribution in [0.5, 0.6) is 0 Å². The Morgan fingerprint density at radius 3 is 2.60 bits per heavy atom. The molecule has 1 atom stereocenters. The van der Waals surface area contributed by atoms with Gasteiger partial charge in [-0.1, -0.05) is 30.3 Å². The van der Waals surface area contributed by atoms with Gasteiger partial charge in [0.2, 0.25) is 0 Å². The molecule has 0 spiro atoms. The summed E-state index contributed by atoms with van der Waals surface area (Å²) >= 11 is 0. The summed E-state index contributed by atoms with van der Waals surface area (Å²) in [7, 11) is 0. The Bertz CT molecular complexity index is 492. The maximum absolute atomic E-state index is 11.7. The number of aromatic nitrogens is 2. The van der Waals surface area contributed by atoms with E-state index in [1.807, 2.05) is 30.3 Å². The molecule has 5 nitrogen and oxygen atoms in total. The van der Waals surface area contributed by atoms with Crippen molar-refractivity contribution in [2.24, 2.45) is 5.73 Å². The van der Waals surface area contributed by atoms with Gasteiger partial charge in [-0.15, -0.1) is 24.8 Å². The first-order chi connectivity index (χ1) is 8.75. The van der Waals surface area contributed by atoms with Crippen molar-refractivity contribution in [2.75, 3.05) is 0 Å². The van der Waals surface area contributed by atoms with Crippen molar-refractivity contribution in [1.29, 1.82) is 0 Å². The van der Waals surface area contributed by atoms with Crippen LogP contribution in [0.4, 0.5) is 0 Å². The second-order valence-corrected chi connectivity index (χ2v) is 3.98. The van der Waals surface area contributed by atoms with E-state index < -0.39 is 12.0 Å². The number of hydrogen-bond donors (Lipinski definition) is 2. The minimum Gasteiger partial charge on any atom is -0.460 e. The number of hydrogen-bond acceptors (Lipinski definition) is 4. The quantitative estimate of drug-likeness (QED) is 0.825. The van der Waals surface area contributed by atoms with Gasteiger partial charge in [-0.25, -0.2) is 4.98 Å². The first-order valence-electron chi connectivity index (χ1n) is 5.69. The maximum atomic E-state index is 11.7. The van der Waals surface area contributed by atoms with Crippen molar-refractivity contribution in [1.82, 2.24) is 9.97 Å². The fraction of sp³-hybridized carbons (Fsp3) is 0.231. The van der Waals surface area contributed by atoms with E-state index in [2.05, 4.69) is 9.97 Å². The lowest BCUT2D eigenvalue weighted by molar-refractivity contribution is -0.146. The molecule has 1 aromatic carbocycles. The highest BCUT2D eigenvalue weighted by Gasteiger charge is 2.16. The van der Waals surface area contributed by atoms with Crippen molar-refractivity contribution in [3.05, 3.63) is 54.1 Å². The fourth-order valence-electron chi connectivity index (χ4n) is 1.55. The third-order valence-electron chi connectivity index (χ3n) is 2.52. The van der Waals surface area contributed by atoms with Gasteiger partial charge in [0.1, 0.15) is 12.6 Å². The van der Waals surface area contributed by atoms with Gasteiger partial charge in [0.25, 0.3) is 0 Å². The van der Waals surface area contributed by atoms with Gasteiger partial charge < -0.3 is 15.5 Å². The first kappa shape index (κ1) is 18.4. The maximum Gasteiger partial charge on any atom is 0.323 e. The molecular formula is C13H17Cl2N3O2. The number of nitrogens with zero attached hydrogens (tertiary/aromatic N) is 1. The van der Waals surface area contributed by atoms with Gasteiger partial charge in [0, 0.05) is 18.3 Å². The highest BCUT2D eigenvalue weighted by atomic mass is 35.5. The second kappa shape index (κ2) is 9.36. The summed E-state index contributed by atoms with van der Waals surface area (Å²) < 4.78 is 5.14. The summed E-state index contributed by atoms with van der Waals surface area (Å²) in [4.78, 5) is 18.4. The van der Waals surface area contributed by atoms with Gasteiger partial charge in [0.05, 0.1) is 6.33 Å². The van der Waals surface area contributed by atoms with Crippen molar-refractivity contribution in [3.63, 3.8) is 0 Å². The molecule has 1 aromatic heterocycles. The first-order valence-corrected chi connectivity index (χ1v) is 5.69. The zero-order valence-electron chi connectivity index (χ0n) is 10.7.